The van der Waals surface area contributed by atoms with Gasteiger partial charge in [-0.05, 0) is 36.1 Å². The smallest absolute Gasteiger partial charge is 0.311 e. The average molecular weight is 408 g/mol. The third-order valence-corrected chi connectivity index (χ3v) is 5.55. The number of hydrogen-bond donors (Lipinski definition) is 0. The lowest BCUT2D eigenvalue weighted by Gasteiger charge is -2.19. The number of benzene rings is 1. The zero-order chi connectivity index (χ0) is 20.2. The zero-order valence-corrected chi connectivity index (χ0v) is 16.7. The molecule has 7 heteroatoms. The van der Waals surface area contributed by atoms with Crippen molar-refractivity contribution in [3.8, 4) is 0 Å². The van der Waals surface area contributed by atoms with Crippen molar-refractivity contribution >= 4 is 28.9 Å². The molecule has 0 aliphatic carbocycles. The number of aryl methyl sites for hydroxylation is 1. The van der Waals surface area contributed by atoms with E-state index in [0.717, 1.165) is 21.7 Å². The van der Waals surface area contributed by atoms with E-state index < -0.39 is 5.97 Å². The van der Waals surface area contributed by atoms with Crippen molar-refractivity contribution in [1.82, 2.24) is 5.01 Å². The molecule has 0 unspecified atom stereocenters. The second-order valence-electron chi connectivity index (χ2n) is 6.80. The summed E-state index contributed by atoms with van der Waals surface area (Å²) in [6, 6.07) is 15.0. The minimum absolute atomic E-state index is 0.157. The van der Waals surface area contributed by atoms with Gasteiger partial charge in [0.25, 0.3) is 5.91 Å². The van der Waals surface area contributed by atoms with Crippen LogP contribution in [0.15, 0.2) is 69.7 Å². The topological polar surface area (TPSA) is 72.1 Å². The summed E-state index contributed by atoms with van der Waals surface area (Å²) in [7, 11) is 0. The molecule has 1 aliphatic rings. The molecule has 6 nitrogen and oxygen atoms in total. The molecule has 148 valence electrons. The standard InChI is InChI=1S/C22H20N2O4S/c1-15-6-8-16(9-7-15)18-13-19(20-5-2-10-27-20)24(23-18)21(25)14-28-22(26)12-17-4-3-11-29-17/h2-11,19H,12-14H2,1H3/t19-/m0/s1. The minimum Gasteiger partial charge on any atom is -0.467 e. The van der Waals surface area contributed by atoms with E-state index in [1.165, 1.54) is 16.3 Å². The highest BCUT2D eigenvalue weighted by atomic mass is 32.1. The predicted octanol–water partition coefficient (Wildman–Crippen LogP) is 4.11. The van der Waals surface area contributed by atoms with Crippen LogP contribution in [-0.2, 0) is 20.7 Å². The van der Waals surface area contributed by atoms with E-state index in [1.54, 1.807) is 12.3 Å². The highest BCUT2D eigenvalue weighted by molar-refractivity contribution is 7.10. The Balaban J connectivity index is 1.47. The van der Waals surface area contributed by atoms with Gasteiger partial charge in [-0.15, -0.1) is 11.3 Å². The number of rotatable bonds is 6. The molecule has 4 rings (SSSR count). The predicted molar refractivity (Wildman–Crippen MR) is 110 cm³/mol. The van der Waals surface area contributed by atoms with Crippen molar-refractivity contribution in [1.29, 1.82) is 0 Å². The quantitative estimate of drug-likeness (QED) is 0.576. The van der Waals surface area contributed by atoms with Crippen molar-refractivity contribution in [2.45, 2.75) is 25.8 Å². The monoisotopic (exact) mass is 408 g/mol. The molecule has 0 N–H and O–H groups in total. The summed E-state index contributed by atoms with van der Waals surface area (Å²) >= 11 is 1.48. The second kappa shape index (κ2) is 8.45. The summed E-state index contributed by atoms with van der Waals surface area (Å²) in [5, 5.41) is 7.79. The van der Waals surface area contributed by atoms with Crippen molar-refractivity contribution in [2.75, 3.05) is 6.61 Å². The lowest BCUT2D eigenvalue weighted by molar-refractivity contribution is -0.152. The first-order valence-electron chi connectivity index (χ1n) is 9.28. The highest BCUT2D eigenvalue weighted by Gasteiger charge is 2.35. The number of hydrogen-bond acceptors (Lipinski definition) is 6. The van der Waals surface area contributed by atoms with E-state index in [4.69, 9.17) is 9.15 Å². The molecule has 2 aromatic heterocycles. The highest BCUT2D eigenvalue weighted by Crippen LogP contribution is 2.33. The van der Waals surface area contributed by atoms with Crippen LogP contribution in [0.5, 0.6) is 0 Å². The molecule has 0 radical (unpaired) electrons. The number of esters is 1. The summed E-state index contributed by atoms with van der Waals surface area (Å²) in [6.45, 7) is 1.67. The van der Waals surface area contributed by atoms with Crippen LogP contribution in [0.4, 0.5) is 0 Å². The van der Waals surface area contributed by atoms with Crippen molar-refractivity contribution in [2.24, 2.45) is 5.10 Å². The molecule has 3 aromatic rings. The molecule has 0 bridgehead atoms. The maximum atomic E-state index is 12.8. The number of nitrogens with zero attached hydrogens (tertiary/aromatic N) is 2. The average Bonchev–Trinajstić information content (AvgIpc) is 3.47. The number of furan rings is 1. The van der Waals surface area contributed by atoms with Gasteiger partial charge in [0.2, 0.25) is 0 Å². The van der Waals surface area contributed by atoms with Gasteiger partial charge in [-0.2, -0.15) is 5.10 Å². The molecule has 0 saturated carbocycles. The molecule has 0 saturated heterocycles. The van der Waals surface area contributed by atoms with Crippen molar-refractivity contribution in [3.63, 3.8) is 0 Å². The van der Waals surface area contributed by atoms with Gasteiger partial charge in [-0.3, -0.25) is 9.59 Å². The number of hydrazone groups is 1. The Hall–Kier alpha value is -3.19. The van der Waals surface area contributed by atoms with E-state index in [-0.39, 0.29) is 25.0 Å². The number of amides is 1. The summed E-state index contributed by atoms with van der Waals surface area (Å²) in [5.41, 5.74) is 2.90. The fourth-order valence-corrected chi connectivity index (χ4v) is 3.87. The molecular weight excluding hydrogens is 388 g/mol. The van der Waals surface area contributed by atoms with Gasteiger partial charge >= 0.3 is 5.97 Å². The van der Waals surface area contributed by atoms with Gasteiger partial charge in [0.15, 0.2) is 6.61 Å². The molecule has 1 aromatic carbocycles. The van der Waals surface area contributed by atoms with E-state index in [9.17, 15) is 9.59 Å². The molecule has 0 spiro atoms. The van der Waals surface area contributed by atoms with Gasteiger partial charge in [0, 0.05) is 11.3 Å². The minimum atomic E-state index is -0.433. The zero-order valence-electron chi connectivity index (χ0n) is 15.9. The van der Waals surface area contributed by atoms with E-state index in [1.807, 2.05) is 54.8 Å². The number of thiophene rings is 1. The van der Waals surface area contributed by atoms with Crippen LogP contribution in [0.25, 0.3) is 0 Å². The third kappa shape index (κ3) is 4.46. The Morgan fingerprint density at radius 1 is 1.21 bits per heavy atom. The van der Waals surface area contributed by atoms with Gasteiger partial charge in [-0.25, -0.2) is 5.01 Å². The van der Waals surface area contributed by atoms with Crippen molar-refractivity contribution < 1.29 is 18.7 Å². The van der Waals surface area contributed by atoms with Gasteiger partial charge in [0.05, 0.1) is 18.4 Å². The van der Waals surface area contributed by atoms with Crippen molar-refractivity contribution in [3.05, 3.63) is 81.9 Å². The molecule has 29 heavy (non-hydrogen) atoms. The number of carbonyl (C=O) groups is 2. The first-order valence-corrected chi connectivity index (χ1v) is 10.2. The Morgan fingerprint density at radius 3 is 2.72 bits per heavy atom. The first kappa shape index (κ1) is 19.1. The molecule has 3 heterocycles. The van der Waals surface area contributed by atoms with Crippen LogP contribution < -0.4 is 0 Å². The maximum Gasteiger partial charge on any atom is 0.311 e. The Bertz CT molecular complexity index is 1010. The fourth-order valence-electron chi connectivity index (χ4n) is 3.18. The first-order chi connectivity index (χ1) is 14.1. The summed E-state index contributed by atoms with van der Waals surface area (Å²) in [6.07, 6.45) is 2.26. The second-order valence-corrected chi connectivity index (χ2v) is 7.84. The normalized spacial score (nSPS) is 16.0. The molecule has 1 atom stereocenters. The third-order valence-electron chi connectivity index (χ3n) is 4.68. The number of carbonyl (C=O) groups excluding carboxylic acids is 2. The van der Waals surface area contributed by atoms with Crippen LogP contribution in [-0.4, -0.2) is 29.2 Å². The largest absolute Gasteiger partial charge is 0.467 e. The Labute approximate surface area is 172 Å². The van der Waals surface area contributed by atoms with E-state index in [2.05, 4.69) is 5.10 Å². The maximum absolute atomic E-state index is 12.8. The van der Waals surface area contributed by atoms with Gasteiger partial charge in [-0.1, -0.05) is 35.9 Å². The van der Waals surface area contributed by atoms with E-state index in [0.29, 0.717) is 12.2 Å². The van der Waals surface area contributed by atoms with Gasteiger partial charge in [0.1, 0.15) is 11.8 Å². The molecule has 0 fully saturated rings. The Kier molecular flexibility index (Phi) is 5.57. The van der Waals surface area contributed by atoms with E-state index >= 15 is 0 Å². The Morgan fingerprint density at radius 2 is 2.03 bits per heavy atom. The summed E-state index contributed by atoms with van der Waals surface area (Å²) < 4.78 is 10.7. The van der Waals surface area contributed by atoms with Crippen LogP contribution >= 0.6 is 11.3 Å². The number of ether oxygens (including phenoxy) is 1. The van der Waals surface area contributed by atoms with Crippen LogP contribution in [0.1, 0.15) is 34.2 Å². The van der Waals surface area contributed by atoms with Crippen LogP contribution in [0.3, 0.4) is 0 Å². The summed E-state index contributed by atoms with van der Waals surface area (Å²) in [5.74, 6) is -0.167. The molecular formula is C22H20N2O4S. The lowest BCUT2D eigenvalue weighted by Crippen LogP contribution is -2.31. The SMILES string of the molecule is Cc1ccc(C2=NN(C(=O)COC(=O)Cc3cccs3)[C@H](c3ccco3)C2)cc1. The molecule has 1 aliphatic heterocycles. The van der Waals surface area contributed by atoms with Gasteiger partial charge < -0.3 is 9.15 Å². The summed E-state index contributed by atoms with van der Waals surface area (Å²) in [4.78, 5) is 25.7. The lowest BCUT2D eigenvalue weighted by atomic mass is 10.0. The van der Waals surface area contributed by atoms with Crippen LogP contribution in [0, 0.1) is 6.92 Å². The van der Waals surface area contributed by atoms with Crippen LogP contribution in [0.2, 0.25) is 0 Å². The molecule has 1 amide bonds. The fraction of sp³-hybridized carbons (Fsp3) is 0.227.